The van der Waals surface area contributed by atoms with E-state index in [0.717, 1.165) is 36.0 Å². The first kappa shape index (κ1) is 21.5. The van der Waals surface area contributed by atoms with E-state index in [2.05, 4.69) is 12.1 Å². The molecule has 162 valence electrons. The van der Waals surface area contributed by atoms with Crippen molar-refractivity contribution in [1.82, 2.24) is 0 Å². The number of benzene rings is 4. The number of aryl methyl sites for hydroxylation is 2. The third-order valence-corrected chi connectivity index (χ3v) is 6.05. The van der Waals surface area contributed by atoms with Crippen molar-refractivity contribution in [3.05, 3.63) is 125 Å². The average Bonchev–Trinajstić information content (AvgIpc) is 2.81. The minimum atomic E-state index is -0.170. The van der Waals surface area contributed by atoms with Crippen molar-refractivity contribution in [2.45, 2.75) is 31.6 Å². The smallest absolute Gasteiger partial charge is 0.119 e. The number of hydrogen-bond acceptors (Lipinski definition) is 3. The van der Waals surface area contributed by atoms with Crippen LogP contribution in [-0.4, -0.2) is 15.3 Å². The first-order chi connectivity index (χ1) is 15.6. The molecule has 0 bridgehead atoms. The Morgan fingerprint density at radius 2 is 0.906 bits per heavy atom. The summed E-state index contributed by atoms with van der Waals surface area (Å²) in [6, 6.07) is 30.5. The second-order valence-corrected chi connectivity index (χ2v) is 8.13. The van der Waals surface area contributed by atoms with Gasteiger partial charge in [-0.15, -0.1) is 0 Å². The highest BCUT2D eigenvalue weighted by Gasteiger charge is 2.22. The summed E-state index contributed by atoms with van der Waals surface area (Å²) in [6.45, 7) is 0. The highest BCUT2D eigenvalue weighted by molar-refractivity contribution is 5.47. The molecule has 0 saturated heterocycles. The fourth-order valence-electron chi connectivity index (χ4n) is 4.36. The van der Waals surface area contributed by atoms with Crippen molar-refractivity contribution in [3.63, 3.8) is 0 Å². The van der Waals surface area contributed by atoms with Gasteiger partial charge in [-0.25, -0.2) is 0 Å². The van der Waals surface area contributed by atoms with Gasteiger partial charge in [-0.3, -0.25) is 0 Å². The zero-order valence-electron chi connectivity index (χ0n) is 18.0. The molecule has 3 heteroatoms. The first-order valence-corrected chi connectivity index (χ1v) is 11.0. The van der Waals surface area contributed by atoms with Gasteiger partial charge in [0.25, 0.3) is 0 Å². The zero-order chi connectivity index (χ0) is 22.3. The summed E-state index contributed by atoms with van der Waals surface area (Å²) >= 11 is 0. The monoisotopic (exact) mass is 424 g/mol. The van der Waals surface area contributed by atoms with E-state index >= 15 is 0 Å². The number of phenols is 3. The van der Waals surface area contributed by atoms with Gasteiger partial charge in [-0.2, -0.15) is 0 Å². The second-order valence-electron chi connectivity index (χ2n) is 8.13. The van der Waals surface area contributed by atoms with E-state index < -0.39 is 0 Å². The van der Waals surface area contributed by atoms with Crippen LogP contribution in [-0.2, 0) is 19.3 Å². The van der Waals surface area contributed by atoms with Gasteiger partial charge in [0.1, 0.15) is 17.2 Å². The molecule has 3 N–H and O–H groups in total. The van der Waals surface area contributed by atoms with Gasteiger partial charge < -0.3 is 15.3 Å². The fourth-order valence-corrected chi connectivity index (χ4v) is 4.36. The van der Waals surface area contributed by atoms with Gasteiger partial charge in [0.2, 0.25) is 0 Å². The lowest BCUT2D eigenvalue weighted by Crippen LogP contribution is -2.08. The minimum Gasteiger partial charge on any atom is -0.508 e. The predicted molar refractivity (Wildman–Crippen MR) is 128 cm³/mol. The van der Waals surface area contributed by atoms with Crippen LogP contribution in [0.15, 0.2) is 97.1 Å². The summed E-state index contributed by atoms with van der Waals surface area (Å²) in [6.07, 6.45) is 3.29. The Labute approximate surface area is 189 Å². The van der Waals surface area contributed by atoms with Crippen molar-refractivity contribution in [3.8, 4) is 17.2 Å². The van der Waals surface area contributed by atoms with Crippen LogP contribution in [0.5, 0.6) is 17.2 Å². The quantitative estimate of drug-likeness (QED) is 0.309. The van der Waals surface area contributed by atoms with Gasteiger partial charge in [0, 0.05) is 17.0 Å². The maximum atomic E-state index is 10.6. The van der Waals surface area contributed by atoms with Gasteiger partial charge in [-0.1, -0.05) is 78.9 Å². The molecule has 0 heterocycles. The number of phenolic OH excluding ortho intramolecular Hbond substituents is 3. The molecule has 0 fully saturated rings. The summed E-state index contributed by atoms with van der Waals surface area (Å²) in [5.74, 6) is 0.646. The van der Waals surface area contributed by atoms with Gasteiger partial charge >= 0.3 is 0 Å². The van der Waals surface area contributed by atoms with E-state index in [1.807, 2.05) is 66.7 Å². The summed E-state index contributed by atoms with van der Waals surface area (Å²) < 4.78 is 0. The SMILES string of the molecule is Oc1ccccc1CCCc1ccccc1CC(c1ccccc1O)c1ccccc1O. The van der Waals surface area contributed by atoms with Crippen LogP contribution in [0.1, 0.15) is 40.2 Å². The third kappa shape index (κ3) is 4.94. The molecule has 0 spiro atoms. The molecular weight excluding hydrogens is 396 g/mol. The van der Waals surface area contributed by atoms with E-state index in [1.165, 1.54) is 11.1 Å². The molecule has 0 aliphatic rings. The summed E-state index contributed by atoms with van der Waals surface area (Å²) in [7, 11) is 0. The van der Waals surface area contributed by atoms with Crippen molar-refractivity contribution in [2.75, 3.05) is 0 Å². The summed E-state index contributed by atoms with van der Waals surface area (Å²) in [4.78, 5) is 0. The Kier molecular flexibility index (Phi) is 6.76. The molecule has 0 aliphatic carbocycles. The molecule has 0 saturated carbocycles. The van der Waals surface area contributed by atoms with E-state index in [4.69, 9.17) is 0 Å². The molecule has 0 atom stereocenters. The lowest BCUT2D eigenvalue weighted by Gasteiger charge is -2.22. The Morgan fingerprint density at radius 3 is 1.47 bits per heavy atom. The van der Waals surface area contributed by atoms with E-state index in [-0.39, 0.29) is 17.4 Å². The molecule has 3 nitrogen and oxygen atoms in total. The zero-order valence-corrected chi connectivity index (χ0v) is 18.0. The Morgan fingerprint density at radius 1 is 0.469 bits per heavy atom. The molecule has 4 aromatic rings. The molecule has 0 aromatic heterocycles. The van der Waals surface area contributed by atoms with Crippen LogP contribution >= 0.6 is 0 Å². The molecule has 32 heavy (non-hydrogen) atoms. The topological polar surface area (TPSA) is 60.7 Å². The molecular formula is C29H28O3. The van der Waals surface area contributed by atoms with Crippen LogP contribution in [0.2, 0.25) is 0 Å². The number of aromatic hydroxyl groups is 3. The van der Waals surface area contributed by atoms with Crippen LogP contribution in [0.25, 0.3) is 0 Å². The summed E-state index contributed by atoms with van der Waals surface area (Å²) in [5, 5.41) is 31.2. The van der Waals surface area contributed by atoms with Gasteiger partial charge in [0.05, 0.1) is 0 Å². The Hall–Kier alpha value is -3.72. The van der Waals surface area contributed by atoms with Crippen molar-refractivity contribution >= 4 is 0 Å². The molecule has 0 radical (unpaired) electrons. The van der Waals surface area contributed by atoms with E-state index in [1.54, 1.807) is 18.2 Å². The molecule has 4 rings (SSSR count). The Bertz CT molecular complexity index is 1140. The fraction of sp³-hybridized carbons (Fsp3) is 0.172. The van der Waals surface area contributed by atoms with Crippen molar-refractivity contribution in [2.24, 2.45) is 0 Å². The van der Waals surface area contributed by atoms with E-state index in [0.29, 0.717) is 12.2 Å². The first-order valence-electron chi connectivity index (χ1n) is 11.0. The third-order valence-electron chi connectivity index (χ3n) is 6.05. The lowest BCUT2D eigenvalue weighted by molar-refractivity contribution is 0.453. The molecule has 0 aliphatic heterocycles. The van der Waals surface area contributed by atoms with Gasteiger partial charge in [0.15, 0.2) is 0 Å². The summed E-state index contributed by atoms with van der Waals surface area (Å²) in [5.41, 5.74) is 5.02. The van der Waals surface area contributed by atoms with Crippen LogP contribution < -0.4 is 0 Å². The second kappa shape index (κ2) is 10.1. The predicted octanol–water partition coefficient (Wildman–Crippen LogP) is 6.35. The number of hydrogen-bond donors (Lipinski definition) is 3. The maximum Gasteiger partial charge on any atom is 0.119 e. The largest absolute Gasteiger partial charge is 0.508 e. The Balaban J connectivity index is 1.60. The molecule has 0 unspecified atom stereocenters. The lowest BCUT2D eigenvalue weighted by atomic mass is 9.83. The number of para-hydroxylation sites is 3. The van der Waals surface area contributed by atoms with E-state index in [9.17, 15) is 15.3 Å². The van der Waals surface area contributed by atoms with Crippen molar-refractivity contribution < 1.29 is 15.3 Å². The number of rotatable bonds is 8. The molecule has 0 amide bonds. The highest BCUT2D eigenvalue weighted by atomic mass is 16.3. The van der Waals surface area contributed by atoms with Crippen LogP contribution in [0.3, 0.4) is 0 Å². The van der Waals surface area contributed by atoms with Crippen molar-refractivity contribution in [1.29, 1.82) is 0 Å². The average molecular weight is 425 g/mol. The normalized spacial score (nSPS) is 11.0. The van der Waals surface area contributed by atoms with Crippen LogP contribution in [0.4, 0.5) is 0 Å². The maximum absolute atomic E-state index is 10.6. The van der Waals surface area contributed by atoms with Crippen LogP contribution in [0, 0.1) is 0 Å². The standard InChI is InChI=1S/C29H28O3/c30-27-17-6-3-11-22(27)14-9-13-21-10-1-2-12-23(21)20-26(24-15-4-7-18-28(24)31)25-16-5-8-19-29(25)32/h1-8,10-12,15-19,26,30-32H,9,13-14,20H2. The molecule has 4 aromatic carbocycles. The van der Waals surface area contributed by atoms with Gasteiger partial charge in [-0.05, 0) is 60.6 Å². The minimum absolute atomic E-state index is 0.170. The highest BCUT2D eigenvalue weighted by Crippen LogP contribution is 2.38.